The molecule has 4 heterocycles. The zero-order valence-corrected chi connectivity index (χ0v) is 39.9. The van der Waals surface area contributed by atoms with Crippen molar-refractivity contribution in [2.45, 2.75) is 53.9 Å². The Hall–Kier alpha value is -7.55. The summed E-state index contributed by atoms with van der Waals surface area (Å²) in [6, 6.07) is 70.8. The maximum Gasteiger partial charge on any atom is 0.252 e. The molecule has 68 heavy (non-hydrogen) atoms. The van der Waals surface area contributed by atoms with Crippen LogP contribution in [0.4, 0.5) is 34.1 Å². The lowest BCUT2D eigenvalue weighted by molar-refractivity contribution is 0.590. The normalized spacial score (nSPS) is 13.4. The highest BCUT2D eigenvalue weighted by atomic mass is 15.2. The average molecular weight is 871 g/mol. The van der Waals surface area contributed by atoms with Crippen LogP contribution in [0.15, 0.2) is 188 Å². The molecule has 10 aromatic rings. The van der Waals surface area contributed by atoms with E-state index in [1.54, 1.807) is 0 Å². The van der Waals surface area contributed by atoms with Gasteiger partial charge in [0.25, 0.3) is 6.71 Å². The second kappa shape index (κ2) is 15.0. The molecule has 324 valence electrons. The molecule has 0 unspecified atom stereocenters. The minimum atomic E-state index is -0.0139. The Morgan fingerprint density at radius 3 is 1.16 bits per heavy atom. The van der Waals surface area contributed by atoms with Crippen molar-refractivity contribution in [1.82, 2.24) is 0 Å². The second-order valence-electron chi connectivity index (χ2n) is 20.8. The van der Waals surface area contributed by atoms with E-state index < -0.39 is 0 Å². The van der Waals surface area contributed by atoms with Gasteiger partial charge in [0.05, 0.1) is 0 Å². The van der Waals surface area contributed by atoms with Crippen LogP contribution in [0.3, 0.4) is 0 Å². The van der Waals surface area contributed by atoms with Crippen molar-refractivity contribution in [2.24, 2.45) is 0 Å². The van der Waals surface area contributed by atoms with Crippen LogP contribution < -0.4 is 42.6 Å². The first-order valence-electron chi connectivity index (χ1n) is 24.3. The zero-order valence-electron chi connectivity index (χ0n) is 39.9. The van der Waals surface area contributed by atoms with Crippen LogP contribution in [0.2, 0.25) is 0 Å². The number of anilines is 6. The molecular weight excluding hydrogens is 818 g/mol. The number of benzene rings is 10. The van der Waals surface area contributed by atoms with Gasteiger partial charge in [0.15, 0.2) is 0 Å². The lowest BCUT2D eigenvalue weighted by Gasteiger charge is -2.45. The Bertz CT molecular complexity index is 3490. The summed E-state index contributed by atoms with van der Waals surface area (Å²) in [6.07, 6.45) is 0. The fourth-order valence-corrected chi connectivity index (χ4v) is 12.1. The van der Waals surface area contributed by atoms with Gasteiger partial charge in [0.2, 0.25) is 6.71 Å². The number of hydrogen-bond acceptors (Lipinski definition) is 2. The fourth-order valence-electron chi connectivity index (χ4n) is 12.1. The molecule has 4 heteroatoms. The maximum absolute atomic E-state index is 2.51. The quantitative estimate of drug-likeness (QED) is 0.160. The highest BCUT2D eigenvalue weighted by Crippen LogP contribution is 2.46. The molecule has 10 aromatic carbocycles. The van der Waals surface area contributed by atoms with Gasteiger partial charge in [-0.25, -0.2) is 0 Å². The predicted octanol–water partition coefficient (Wildman–Crippen LogP) is 12.8. The predicted molar refractivity (Wildman–Crippen MR) is 295 cm³/mol. The van der Waals surface area contributed by atoms with Crippen LogP contribution in [0.1, 0.15) is 48.6 Å². The van der Waals surface area contributed by atoms with Crippen LogP contribution in [-0.2, 0) is 5.41 Å². The van der Waals surface area contributed by atoms with E-state index in [1.807, 2.05) is 0 Å². The largest absolute Gasteiger partial charge is 0.311 e. The Balaban J connectivity index is 0.000000145. The summed E-state index contributed by atoms with van der Waals surface area (Å²) in [7, 11) is 0. The lowest BCUT2D eigenvalue weighted by atomic mass is 9.31. The van der Waals surface area contributed by atoms with E-state index in [0.717, 1.165) is 0 Å². The molecule has 0 saturated carbocycles. The van der Waals surface area contributed by atoms with Crippen molar-refractivity contribution in [3.8, 4) is 22.3 Å². The van der Waals surface area contributed by atoms with Crippen LogP contribution in [-0.4, -0.2) is 13.4 Å². The van der Waals surface area contributed by atoms with Crippen LogP contribution >= 0.6 is 0 Å². The third-order valence-corrected chi connectivity index (χ3v) is 15.3. The smallest absolute Gasteiger partial charge is 0.252 e. The van der Waals surface area contributed by atoms with Crippen molar-refractivity contribution in [3.63, 3.8) is 0 Å². The van der Waals surface area contributed by atoms with E-state index in [2.05, 4.69) is 246 Å². The van der Waals surface area contributed by atoms with E-state index in [4.69, 9.17) is 0 Å². The molecule has 0 radical (unpaired) electrons. The van der Waals surface area contributed by atoms with Gasteiger partial charge in [0, 0.05) is 34.1 Å². The molecule has 0 amide bonds. The summed E-state index contributed by atoms with van der Waals surface area (Å²) in [6.45, 7) is 16.2. The molecule has 2 nitrogen and oxygen atoms in total. The van der Waals surface area contributed by atoms with Crippen molar-refractivity contribution in [3.05, 3.63) is 216 Å². The van der Waals surface area contributed by atoms with Crippen molar-refractivity contribution in [1.29, 1.82) is 0 Å². The number of hydrogen-bond donors (Lipinski definition) is 0. The molecule has 0 N–H and O–H groups in total. The molecule has 0 spiro atoms. The Kier molecular flexibility index (Phi) is 8.97. The van der Waals surface area contributed by atoms with Gasteiger partial charge in [-0.1, -0.05) is 199 Å². The van der Waals surface area contributed by atoms with Gasteiger partial charge in [-0.05, 0) is 147 Å². The van der Waals surface area contributed by atoms with Gasteiger partial charge in [-0.15, -0.1) is 0 Å². The van der Waals surface area contributed by atoms with Gasteiger partial charge in [-0.2, -0.15) is 0 Å². The number of rotatable bonds is 2. The van der Waals surface area contributed by atoms with Crippen molar-refractivity contribution in [2.75, 3.05) is 9.80 Å². The Labute approximate surface area is 401 Å². The topological polar surface area (TPSA) is 6.48 Å². The summed E-state index contributed by atoms with van der Waals surface area (Å²) in [5.41, 5.74) is 28.0. The first-order chi connectivity index (χ1) is 33.0. The van der Waals surface area contributed by atoms with E-state index in [0.29, 0.717) is 6.71 Å². The van der Waals surface area contributed by atoms with Gasteiger partial charge >= 0.3 is 0 Å². The van der Waals surface area contributed by atoms with E-state index >= 15 is 0 Å². The summed E-state index contributed by atoms with van der Waals surface area (Å²) in [5.74, 6) is 0. The Morgan fingerprint density at radius 1 is 0.338 bits per heavy atom. The van der Waals surface area contributed by atoms with Gasteiger partial charge < -0.3 is 9.80 Å². The summed E-state index contributed by atoms with van der Waals surface area (Å²) < 4.78 is 0. The molecular formula is C64H52B2N2. The molecule has 0 aliphatic carbocycles. The highest BCUT2D eigenvalue weighted by molar-refractivity contribution is 7.01. The minimum absolute atomic E-state index is 0.0139. The third kappa shape index (κ3) is 6.06. The molecule has 4 aliphatic rings. The first-order valence-corrected chi connectivity index (χ1v) is 24.3. The zero-order chi connectivity index (χ0) is 46.2. The van der Waals surface area contributed by atoms with E-state index in [1.165, 1.54) is 139 Å². The van der Waals surface area contributed by atoms with E-state index in [-0.39, 0.29) is 12.1 Å². The molecule has 0 bridgehead atoms. The second-order valence-corrected chi connectivity index (χ2v) is 20.8. The number of nitrogens with zero attached hydrogens (tertiary/aromatic N) is 2. The molecule has 0 aromatic heterocycles. The van der Waals surface area contributed by atoms with E-state index in [9.17, 15) is 0 Å². The van der Waals surface area contributed by atoms with Gasteiger partial charge in [0.1, 0.15) is 0 Å². The molecule has 0 atom stereocenters. The summed E-state index contributed by atoms with van der Waals surface area (Å²) >= 11 is 0. The van der Waals surface area contributed by atoms with Crippen molar-refractivity contribution < 1.29 is 0 Å². The average Bonchev–Trinajstić information content (AvgIpc) is 3.34. The maximum atomic E-state index is 2.51. The highest BCUT2D eigenvalue weighted by Gasteiger charge is 2.44. The summed E-state index contributed by atoms with van der Waals surface area (Å²) in [5, 5.41) is 5.52. The van der Waals surface area contributed by atoms with Crippen LogP contribution in [0.5, 0.6) is 0 Å². The Morgan fingerprint density at radius 2 is 0.721 bits per heavy atom. The summed E-state index contributed by atoms with van der Waals surface area (Å²) in [4.78, 5) is 5.01. The first kappa shape index (κ1) is 40.7. The number of aryl methyl sites for hydroxylation is 4. The number of fused-ring (bicyclic) bond motifs is 8. The lowest BCUT2D eigenvalue weighted by Crippen LogP contribution is -2.61. The minimum Gasteiger partial charge on any atom is -0.311 e. The SMILES string of the molecule is Cc1ccc(N2c3ccc(C)cc3B3c4cc(C)ccc4N(c4ccc(C)cc4)c4cc(C(C)(C)C)cc2c43)cc1.c1cc2c3c(c1)-c1cccc4cccc(c14)B3c1cccc3cccc-2c13. The standard InChI is InChI=1S/C38H37BN2.C26H15B/c1-24-8-14-29(15-9-24)40-33-18-12-26(3)20-31(33)39-32-21-27(4)13-19-34(32)41(30-16-10-25(2)11-17-30)36-23-28(38(5,6)7)22-35(40)37(36)39;1-6-16-8-3-14-22-24(16)18(10-1)20-12-5-13-21-19-11-2-7-17-9-4-15-23(25(17)19)27(22)26(20)21/h8-23H,1-7H3;1-15H. The molecule has 0 fully saturated rings. The molecule has 4 aliphatic heterocycles. The fraction of sp³-hybridized carbons (Fsp3) is 0.125. The third-order valence-electron chi connectivity index (χ3n) is 15.3. The molecule has 0 saturated heterocycles. The van der Waals surface area contributed by atoms with Crippen LogP contribution in [0, 0.1) is 27.7 Å². The monoisotopic (exact) mass is 870 g/mol. The van der Waals surface area contributed by atoms with Crippen molar-refractivity contribution >= 4 is 102 Å². The molecule has 14 rings (SSSR count). The van der Waals surface area contributed by atoms with Gasteiger partial charge in [-0.3, -0.25) is 0 Å². The van der Waals surface area contributed by atoms with Crippen LogP contribution in [0.25, 0.3) is 43.8 Å².